The highest BCUT2D eigenvalue weighted by Crippen LogP contribution is 2.47. The molecule has 100 valence electrons. The maximum atomic E-state index is 6.20. The molecule has 3 rings (SSSR count). The standard InChI is InChI=1S/C16H24O2/c1-10-4-6-12-13-8-11(2)5-7-15(13)18-16(17-3)14(12)9-10/h5-6,10,13-16H,4,7-9H2,1-3H3. The second-order valence-electron chi connectivity index (χ2n) is 6.26. The van der Waals surface area contributed by atoms with Crippen molar-refractivity contribution in [3.05, 3.63) is 23.3 Å². The number of fused-ring (bicyclic) bond motifs is 3. The van der Waals surface area contributed by atoms with Crippen LogP contribution in [0, 0.1) is 17.8 Å². The highest BCUT2D eigenvalue weighted by Gasteiger charge is 2.43. The largest absolute Gasteiger partial charge is 0.355 e. The van der Waals surface area contributed by atoms with Crippen LogP contribution >= 0.6 is 0 Å². The third kappa shape index (κ3) is 2.06. The molecule has 5 atom stereocenters. The van der Waals surface area contributed by atoms with E-state index in [0.717, 1.165) is 12.3 Å². The topological polar surface area (TPSA) is 18.5 Å². The van der Waals surface area contributed by atoms with Crippen molar-refractivity contribution in [2.75, 3.05) is 7.11 Å². The first-order valence-electron chi connectivity index (χ1n) is 7.23. The Morgan fingerprint density at radius 3 is 2.83 bits per heavy atom. The molecule has 1 fully saturated rings. The number of methoxy groups -OCH3 is 1. The van der Waals surface area contributed by atoms with E-state index in [1.165, 1.54) is 24.8 Å². The van der Waals surface area contributed by atoms with Gasteiger partial charge in [-0.3, -0.25) is 0 Å². The lowest BCUT2D eigenvalue weighted by Gasteiger charge is -2.47. The van der Waals surface area contributed by atoms with Crippen LogP contribution in [0.1, 0.15) is 39.5 Å². The van der Waals surface area contributed by atoms with Crippen molar-refractivity contribution < 1.29 is 9.47 Å². The molecule has 0 aromatic rings. The molecule has 0 aromatic carbocycles. The van der Waals surface area contributed by atoms with E-state index in [0.29, 0.717) is 17.9 Å². The molecule has 18 heavy (non-hydrogen) atoms. The predicted molar refractivity (Wildman–Crippen MR) is 72.1 cm³/mol. The van der Waals surface area contributed by atoms with Crippen molar-refractivity contribution in [3.8, 4) is 0 Å². The van der Waals surface area contributed by atoms with Crippen molar-refractivity contribution in [1.82, 2.24) is 0 Å². The minimum absolute atomic E-state index is 0.0212. The van der Waals surface area contributed by atoms with Gasteiger partial charge in [-0.05, 0) is 38.5 Å². The zero-order valence-electron chi connectivity index (χ0n) is 11.7. The van der Waals surface area contributed by atoms with Crippen LogP contribution in [0.5, 0.6) is 0 Å². The summed E-state index contributed by atoms with van der Waals surface area (Å²) in [5.41, 5.74) is 3.15. The first-order chi connectivity index (χ1) is 8.69. The van der Waals surface area contributed by atoms with Gasteiger partial charge in [-0.15, -0.1) is 0 Å². The van der Waals surface area contributed by atoms with E-state index in [1.807, 2.05) is 0 Å². The summed E-state index contributed by atoms with van der Waals surface area (Å²) in [4.78, 5) is 0. The Labute approximate surface area is 110 Å². The van der Waals surface area contributed by atoms with Crippen LogP contribution in [-0.2, 0) is 9.47 Å². The lowest BCUT2D eigenvalue weighted by Crippen LogP contribution is -2.46. The molecule has 2 heteroatoms. The van der Waals surface area contributed by atoms with E-state index in [4.69, 9.17) is 9.47 Å². The summed E-state index contributed by atoms with van der Waals surface area (Å²) in [6.07, 6.45) is 9.82. The molecule has 1 aliphatic heterocycles. The molecule has 0 N–H and O–H groups in total. The average molecular weight is 248 g/mol. The Morgan fingerprint density at radius 2 is 2.06 bits per heavy atom. The molecular weight excluding hydrogens is 224 g/mol. The van der Waals surface area contributed by atoms with E-state index in [1.54, 1.807) is 12.7 Å². The van der Waals surface area contributed by atoms with Gasteiger partial charge in [0.25, 0.3) is 0 Å². The normalized spacial score (nSPS) is 43.6. The van der Waals surface area contributed by atoms with Crippen LogP contribution in [-0.4, -0.2) is 19.5 Å². The molecule has 1 heterocycles. The van der Waals surface area contributed by atoms with Crippen LogP contribution in [0.15, 0.2) is 23.3 Å². The Morgan fingerprint density at radius 1 is 1.22 bits per heavy atom. The molecule has 2 aliphatic carbocycles. The number of rotatable bonds is 1. The van der Waals surface area contributed by atoms with E-state index in [-0.39, 0.29) is 6.29 Å². The summed E-state index contributed by atoms with van der Waals surface area (Å²) >= 11 is 0. The third-order valence-corrected chi connectivity index (χ3v) is 4.83. The van der Waals surface area contributed by atoms with E-state index < -0.39 is 0 Å². The van der Waals surface area contributed by atoms with Gasteiger partial charge in [-0.25, -0.2) is 0 Å². The van der Waals surface area contributed by atoms with Gasteiger partial charge in [-0.2, -0.15) is 0 Å². The van der Waals surface area contributed by atoms with Gasteiger partial charge < -0.3 is 9.47 Å². The number of ether oxygens (including phenoxy) is 2. The van der Waals surface area contributed by atoms with Crippen molar-refractivity contribution in [1.29, 1.82) is 0 Å². The fourth-order valence-electron chi connectivity index (χ4n) is 3.86. The van der Waals surface area contributed by atoms with Gasteiger partial charge in [0.1, 0.15) is 0 Å². The van der Waals surface area contributed by atoms with Gasteiger partial charge in [0.15, 0.2) is 6.29 Å². The first-order valence-corrected chi connectivity index (χ1v) is 7.23. The summed E-state index contributed by atoms with van der Waals surface area (Å²) in [6.45, 7) is 4.58. The summed E-state index contributed by atoms with van der Waals surface area (Å²) in [5.74, 6) is 1.86. The van der Waals surface area contributed by atoms with Crippen LogP contribution in [0.3, 0.4) is 0 Å². The molecule has 0 bridgehead atoms. The van der Waals surface area contributed by atoms with Gasteiger partial charge in [0, 0.05) is 18.9 Å². The second-order valence-corrected chi connectivity index (χ2v) is 6.26. The molecule has 0 saturated carbocycles. The van der Waals surface area contributed by atoms with E-state index in [9.17, 15) is 0 Å². The molecule has 0 amide bonds. The molecule has 1 saturated heterocycles. The summed E-state index contributed by atoms with van der Waals surface area (Å²) < 4.78 is 11.8. The molecule has 0 aromatic heterocycles. The summed E-state index contributed by atoms with van der Waals surface area (Å²) in [5, 5.41) is 0. The van der Waals surface area contributed by atoms with Crippen molar-refractivity contribution in [2.24, 2.45) is 17.8 Å². The van der Waals surface area contributed by atoms with Crippen molar-refractivity contribution >= 4 is 0 Å². The van der Waals surface area contributed by atoms with Crippen molar-refractivity contribution in [3.63, 3.8) is 0 Å². The Hall–Kier alpha value is -0.600. The molecule has 3 aliphatic rings. The first kappa shape index (κ1) is 12.4. The quantitative estimate of drug-likeness (QED) is 0.659. The van der Waals surface area contributed by atoms with Crippen LogP contribution in [0.25, 0.3) is 0 Å². The fourth-order valence-corrected chi connectivity index (χ4v) is 3.86. The maximum Gasteiger partial charge on any atom is 0.164 e. The van der Waals surface area contributed by atoms with Crippen molar-refractivity contribution in [2.45, 2.75) is 51.9 Å². The van der Waals surface area contributed by atoms with Crippen LogP contribution < -0.4 is 0 Å². The zero-order chi connectivity index (χ0) is 12.7. The SMILES string of the molecule is COC1OC2CC=C(C)CC2C2=CCC(C)CC21. The lowest BCUT2D eigenvalue weighted by atomic mass is 9.69. The molecule has 0 spiro atoms. The highest BCUT2D eigenvalue weighted by atomic mass is 16.7. The number of hydrogen-bond donors (Lipinski definition) is 0. The molecule has 0 radical (unpaired) electrons. The molecular formula is C16H24O2. The Balaban J connectivity index is 1.90. The number of hydrogen-bond acceptors (Lipinski definition) is 2. The third-order valence-electron chi connectivity index (χ3n) is 4.83. The zero-order valence-corrected chi connectivity index (χ0v) is 11.7. The predicted octanol–water partition coefficient (Wildman–Crippen LogP) is 3.69. The van der Waals surface area contributed by atoms with Gasteiger partial charge in [0.2, 0.25) is 0 Å². The van der Waals surface area contributed by atoms with E-state index in [2.05, 4.69) is 26.0 Å². The Bertz CT molecular complexity index is 383. The van der Waals surface area contributed by atoms with Gasteiger partial charge in [0.05, 0.1) is 6.10 Å². The Kier molecular flexibility index (Phi) is 3.33. The summed E-state index contributed by atoms with van der Waals surface area (Å²) in [6, 6.07) is 0. The summed E-state index contributed by atoms with van der Waals surface area (Å²) in [7, 11) is 1.78. The van der Waals surface area contributed by atoms with Gasteiger partial charge >= 0.3 is 0 Å². The van der Waals surface area contributed by atoms with Crippen LogP contribution in [0.2, 0.25) is 0 Å². The average Bonchev–Trinajstić information content (AvgIpc) is 2.37. The lowest BCUT2D eigenvalue weighted by molar-refractivity contribution is -0.211. The maximum absolute atomic E-state index is 6.20. The molecule has 5 unspecified atom stereocenters. The van der Waals surface area contributed by atoms with Crippen LogP contribution in [0.4, 0.5) is 0 Å². The van der Waals surface area contributed by atoms with E-state index >= 15 is 0 Å². The second kappa shape index (κ2) is 4.82. The minimum atomic E-state index is -0.0212. The minimum Gasteiger partial charge on any atom is -0.355 e. The fraction of sp³-hybridized carbons (Fsp3) is 0.750. The highest BCUT2D eigenvalue weighted by molar-refractivity contribution is 5.24. The smallest absolute Gasteiger partial charge is 0.164 e. The monoisotopic (exact) mass is 248 g/mol. The number of allylic oxidation sites excluding steroid dienone is 2. The molecule has 2 nitrogen and oxygen atoms in total. The van der Waals surface area contributed by atoms with Gasteiger partial charge in [-0.1, -0.05) is 30.2 Å².